The Morgan fingerprint density at radius 2 is 1.42 bits per heavy atom. The van der Waals surface area contributed by atoms with Gasteiger partial charge in [0.15, 0.2) is 5.78 Å². The lowest BCUT2D eigenvalue weighted by Gasteiger charge is -2.15. The summed E-state index contributed by atoms with van der Waals surface area (Å²) in [5.41, 5.74) is 2.53. The average Bonchev–Trinajstić information content (AvgIpc) is 2.55. The van der Waals surface area contributed by atoms with E-state index in [2.05, 4.69) is 0 Å². The van der Waals surface area contributed by atoms with Gasteiger partial charge in [0.1, 0.15) is 17.6 Å². The number of rotatable bonds is 0. The summed E-state index contributed by atoms with van der Waals surface area (Å²) in [6.07, 6.45) is -1.25. The van der Waals surface area contributed by atoms with Crippen LogP contribution in [0.1, 0.15) is 24.0 Å². The van der Waals surface area contributed by atoms with Crippen molar-refractivity contribution in [3.63, 3.8) is 0 Å². The Hall–Kier alpha value is -2.37. The maximum atomic E-state index is 12.0. The molecule has 0 saturated carbocycles. The number of aliphatic hydroxyl groups is 2. The van der Waals surface area contributed by atoms with E-state index in [0.717, 1.165) is 11.1 Å². The number of fused-ring (bicyclic) bond motifs is 5. The predicted octanol–water partition coefficient (Wildman–Crippen LogP) is 1.93. The Bertz CT molecular complexity index is 768. The molecule has 0 aliphatic heterocycles. The van der Waals surface area contributed by atoms with Gasteiger partial charge in [0.2, 0.25) is 0 Å². The molecule has 4 N–H and O–H groups in total. The minimum atomic E-state index is -1.19. The first-order valence-electron chi connectivity index (χ1n) is 7.97. The highest BCUT2D eigenvalue weighted by molar-refractivity contribution is 5.83. The molecule has 5 nitrogen and oxygen atoms in total. The van der Waals surface area contributed by atoms with Gasteiger partial charge < -0.3 is 20.4 Å². The Morgan fingerprint density at radius 1 is 0.833 bits per heavy atom. The molecule has 24 heavy (non-hydrogen) atoms. The van der Waals surface area contributed by atoms with Crippen molar-refractivity contribution in [2.75, 3.05) is 0 Å². The summed E-state index contributed by atoms with van der Waals surface area (Å²) in [7, 11) is 0. The van der Waals surface area contributed by atoms with Gasteiger partial charge in [-0.2, -0.15) is 0 Å². The number of benzene rings is 2. The van der Waals surface area contributed by atoms with E-state index in [0.29, 0.717) is 17.5 Å². The predicted molar refractivity (Wildman–Crippen MR) is 88.9 cm³/mol. The first kappa shape index (κ1) is 16.5. The van der Waals surface area contributed by atoms with Gasteiger partial charge in [-0.1, -0.05) is 12.1 Å². The van der Waals surface area contributed by atoms with E-state index in [9.17, 15) is 25.2 Å². The van der Waals surface area contributed by atoms with Crippen molar-refractivity contribution in [1.82, 2.24) is 0 Å². The minimum absolute atomic E-state index is 0.0160. The van der Waals surface area contributed by atoms with Gasteiger partial charge in [-0.25, -0.2) is 0 Å². The van der Waals surface area contributed by atoms with Crippen LogP contribution < -0.4 is 0 Å². The molecule has 2 aromatic rings. The zero-order valence-corrected chi connectivity index (χ0v) is 13.1. The van der Waals surface area contributed by atoms with Crippen molar-refractivity contribution in [3.8, 4) is 22.6 Å². The fourth-order valence-electron chi connectivity index (χ4n) is 3.06. The van der Waals surface area contributed by atoms with E-state index < -0.39 is 12.2 Å². The summed E-state index contributed by atoms with van der Waals surface area (Å²) in [4.78, 5) is 12.0. The monoisotopic (exact) mass is 328 g/mol. The van der Waals surface area contributed by atoms with Crippen LogP contribution in [0.4, 0.5) is 0 Å². The second-order valence-electron chi connectivity index (χ2n) is 6.28. The number of ketones is 1. The van der Waals surface area contributed by atoms with Gasteiger partial charge >= 0.3 is 0 Å². The SMILES string of the molecule is O=C1CCc2ccc(O)c(c2)-c2cc(ccc2O)C[C@H](O)C[C@H]1O. The zero-order valence-electron chi connectivity index (χ0n) is 13.1. The second-order valence-corrected chi connectivity index (χ2v) is 6.28. The van der Waals surface area contributed by atoms with Crippen LogP contribution in [0.3, 0.4) is 0 Å². The number of aliphatic hydroxyl groups excluding tert-OH is 2. The molecule has 0 fully saturated rings. The normalized spacial score (nSPS) is 21.5. The van der Waals surface area contributed by atoms with Gasteiger partial charge in [0, 0.05) is 24.0 Å². The highest BCUT2D eigenvalue weighted by atomic mass is 16.3. The van der Waals surface area contributed by atoms with Gasteiger partial charge in [-0.15, -0.1) is 0 Å². The van der Waals surface area contributed by atoms with Crippen LogP contribution >= 0.6 is 0 Å². The molecule has 0 amide bonds. The average molecular weight is 328 g/mol. The van der Waals surface area contributed by atoms with Gasteiger partial charge in [-0.3, -0.25) is 4.79 Å². The first-order chi connectivity index (χ1) is 11.4. The summed E-state index contributed by atoms with van der Waals surface area (Å²) >= 11 is 0. The summed E-state index contributed by atoms with van der Waals surface area (Å²) in [5.74, 6) is -0.239. The van der Waals surface area contributed by atoms with E-state index >= 15 is 0 Å². The third-order valence-corrected chi connectivity index (χ3v) is 4.41. The number of hydrogen-bond donors (Lipinski definition) is 4. The number of aryl methyl sites for hydroxylation is 1. The topological polar surface area (TPSA) is 98.0 Å². The highest BCUT2D eigenvalue weighted by Gasteiger charge is 2.21. The van der Waals surface area contributed by atoms with Crippen LogP contribution in [-0.4, -0.2) is 38.4 Å². The number of Topliss-reactive ketones (excluding diaryl/α,β-unsaturated/α-hetero) is 1. The Morgan fingerprint density at radius 3 is 2.08 bits per heavy atom. The van der Waals surface area contributed by atoms with Crippen LogP contribution in [0, 0.1) is 0 Å². The number of hydrogen-bond acceptors (Lipinski definition) is 5. The molecule has 3 rings (SSSR count). The molecule has 0 heterocycles. The van der Waals surface area contributed by atoms with E-state index in [1.165, 1.54) is 12.1 Å². The van der Waals surface area contributed by atoms with Crippen LogP contribution in [0.15, 0.2) is 36.4 Å². The van der Waals surface area contributed by atoms with Crippen LogP contribution in [0.25, 0.3) is 11.1 Å². The van der Waals surface area contributed by atoms with E-state index in [4.69, 9.17) is 0 Å². The third kappa shape index (κ3) is 3.42. The van der Waals surface area contributed by atoms with Crippen LogP contribution in [-0.2, 0) is 17.6 Å². The summed E-state index contributed by atoms with van der Waals surface area (Å²) in [6, 6.07) is 9.90. The number of aromatic hydroxyl groups is 2. The highest BCUT2D eigenvalue weighted by Crippen LogP contribution is 2.37. The van der Waals surface area contributed by atoms with Crippen molar-refractivity contribution in [2.24, 2.45) is 0 Å². The zero-order chi connectivity index (χ0) is 17.3. The van der Waals surface area contributed by atoms with Crippen LogP contribution in [0.5, 0.6) is 11.5 Å². The standard InChI is InChI=1S/C19H20O5/c20-13-7-12-3-5-17(22)15(9-12)14-8-11(1-4-16(14)21)2-6-18(23)19(24)10-13/h1,3-5,8-9,13,19-22,24H,2,6-7,10H2/t13-,19+/m0/s1. The molecule has 0 saturated heterocycles. The molecule has 0 unspecified atom stereocenters. The lowest BCUT2D eigenvalue weighted by Crippen LogP contribution is -2.27. The first-order valence-corrected chi connectivity index (χ1v) is 7.97. The number of phenols is 2. The minimum Gasteiger partial charge on any atom is -0.507 e. The lowest BCUT2D eigenvalue weighted by molar-refractivity contribution is -0.128. The van der Waals surface area contributed by atoms with Crippen LogP contribution in [0.2, 0.25) is 0 Å². The maximum Gasteiger partial charge on any atom is 0.161 e. The number of carbonyl (C=O) groups is 1. The molecule has 2 aromatic carbocycles. The molecule has 1 aliphatic rings. The van der Waals surface area contributed by atoms with Crippen molar-refractivity contribution < 1.29 is 25.2 Å². The van der Waals surface area contributed by atoms with E-state index in [1.807, 2.05) is 0 Å². The summed E-state index contributed by atoms with van der Waals surface area (Å²) < 4.78 is 0. The van der Waals surface area contributed by atoms with Gasteiger partial charge in [0.25, 0.3) is 0 Å². The molecule has 1 aliphatic carbocycles. The smallest absolute Gasteiger partial charge is 0.161 e. The Labute approximate surface area is 139 Å². The largest absolute Gasteiger partial charge is 0.507 e. The van der Waals surface area contributed by atoms with Crippen molar-refractivity contribution in [3.05, 3.63) is 47.5 Å². The Kier molecular flexibility index (Phi) is 4.55. The number of carbonyl (C=O) groups excluding carboxylic acids is 1. The fraction of sp³-hybridized carbons (Fsp3) is 0.316. The lowest BCUT2D eigenvalue weighted by atomic mass is 9.96. The van der Waals surface area contributed by atoms with Crippen molar-refractivity contribution >= 4 is 5.78 Å². The molecule has 0 aromatic heterocycles. The second kappa shape index (κ2) is 6.63. The molecule has 126 valence electrons. The molecular formula is C19H20O5. The van der Waals surface area contributed by atoms with Gasteiger partial charge in [0.05, 0.1) is 6.10 Å². The molecule has 5 heteroatoms. The third-order valence-electron chi connectivity index (χ3n) is 4.41. The quantitative estimate of drug-likeness (QED) is 0.592. The fourth-order valence-corrected chi connectivity index (χ4v) is 3.06. The summed E-state index contributed by atoms with van der Waals surface area (Å²) in [5, 5.41) is 40.4. The van der Waals surface area contributed by atoms with E-state index in [1.54, 1.807) is 24.3 Å². The number of phenolic OH excluding ortho intramolecular Hbond substituents is 2. The van der Waals surface area contributed by atoms with Gasteiger partial charge in [-0.05, 0) is 48.2 Å². The molecule has 4 bridgehead atoms. The maximum absolute atomic E-state index is 12.0. The van der Waals surface area contributed by atoms with Crippen molar-refractivity contribution in [1.29, 1.82) is 0 Å². The summed E-state index contributed by atoms with van der Waals surface area (Å²) in [6.45, 7) is 0. The molecule has 2 atom stereocenters. The molecule has 0 spiro atoms. The Balaban J connectivity index is 2.10. The molecular weight excluding hydrogens is 308 g/mol. The van der Waals surface area contributed by atoms with E-state index in [-0.39, 0.29) is 36.5 Å². The van der Waals surface area contributed by atoms with Crippen molar-refractivity contribution in [2.45, 2.75) is 37.9 Å². The molecule has 0 radical (unpaired) electrons.